The Hall–Kier alpha value is -3.86. The van der Waals surface area contributed by atoms with Crippen LogP contribution in [0.25, 0.3) is 6.08 Å². The maximum Gasteiger partial charge on any atom is 0.0447 e. The number of pyridine rings is 1. The van der Waals surface area contributed by atoms with Gasteiger partial charge in [0.15, 0.2) is 0 Å². The van der Waals surface area contributed by atoms with Gasteiger partial charge in [0, 0.05) is 72.6 Å². The summed E-state index contributed by atoms with van der Waals surface area (Å²) in [6, 6.07) is 16.9. The highest BCUT2D eigenvalue weighted by molar-refractivity contribution is 5.94. The van der Waals surface area contributed by atoms with Crippen molar-refractivity contribution in [2.45, 2.75) is 33.7 Å². The average Bonchev–Trinajstić information content (AvgIpc) is 2.79. The summed E-state index contributed by atoms with van der Waals surface area (Å²) in [7, 11) is 2.13. The van der Waals surface area contributed by atoms with Crippen LogP contribution in [0.2, 0.25) is 0 Å². The predicted octanol–water partition coefficient (Wildman–Crippen LogP) is 6.88. The fourth-order valence-corrected chi connectivity index (χ4v) is 4.33. The van der Waals surface area contributed by atoms with E-state index in [9.17, 15) is 0 Å². The Balaban J connectivity index is 1.55. The van der Waals surface area contributed by atoms with Gasteiger partial charge < -0.3 is 15.5 Å². The molecule has 0 radical (unpaired) electrons. The molecule has 0 aliphatic carbocycles. The number of dihydropyridines is 1. The maximum absolute atomic E-state index is 4.47. The smallest absolute Gasteiger partial charge is 0.0447 e. The second-order valence-electron chi connectivity index (χ2n) is 8.86. The Kier molecular flexibility index (Phi) is 7.12. The number of aliphatic imine (C=N–C) groups is 1. The van der Waals surface area contributed by atoms with E-state index in [-0.39, 0.29) is 0 Å². The number of hydrogen-bond acceptors (Lipinski definition) is 5. The number of rotatable bonds is 8. The van der Waals surface area contributed by atoms with Crippen LogP contribution in [0.4, 0.5) is 22.7 Å². The largest absolute Gasteiger partial charge is 0.370 e. The van der Waals surface area contributed by atoms with Crippen molar-refractivity contribution in [1.29, 1.82) is 0 Å². The first-order chi connectivity index (χ1) is 16.4. The minimum Gasteiger partial charge on any atom is -0.370 e. The molecule has 5 heteroatoms. The minimum absolute atomic E-state index is 0.773. The molecule has 1 aliphatic rings. The van der Waals surface area contributed by atoms with E-state index in [0.29, 0.717) is 0 Å². The highest BCUT2D eigenvalue weighted by Crippen LogP contribution is 2.28. The van der Waals surface area contributed by atoms with E-state index in [4.69, 9.17) is 0 Å². The van der Waals surface area contributed by atoms with Crippen LogP contribution in [-0.2, 0) is 6.54 Å². The molecule has 0 amide bonds. The summed E-state index contributed by atoms with van der Waals surface area (Å²) >= 11 is 0. The Bertz CT molecular complexity index is 1260. The summed E-state index contributed by atoms with van der Waals surface area (Å²) < 4.78 is 0. The zero-order valence-electron chi connectivity index (χ0n) is 20.5. The molecule has 0 unspecified atom stereocenters. The van der Waals surface area contributed by atoms with Crippen molar-refractivity contribution in [1.82, 2.24) is 4.98 Å². The van der Waals surface area contributed by atoms with Crippen LogP contribution >= 0.6 is 0 Å². The van der Waals surface area contributed by atoms with Gasteiger partial charge in [-0.25, -0.2) is 0 Å². The van der Waals surface area contributed by atoms with Gasteiger partial charge in [-0.05, 0) is 86.0 Å². The van der Waals surface area contributed by atoms with E-state index in [2.05, 4.69) is 88.5 Å². The van der Waals surface area contributed by atoms with Gasteiger partial charge in [-0.3, -0.25) is 9.98 Å². The molecule has 0 bridgehead atoms. The van der Waals surface area contributed by atoms with Crippen LogP contribution in [0.1, 0.15) is 35.7 Å². The Labute approximate surface area is 203 Å². The number of nitrogens with zero attached hydrogens (tertiary/aromatic N) is 3. The molecule has 2 heterocycles. The standard InChI is InChI=1S/C29H33N5/c1-6-29-20(2)14-27(33-26-11-13-31-22(4)16-26)17-23(29)19-34(5)28-9-7-8-24(18-28)32-25-10-12-30-21(3)15-25/h6-10,12,14-18,33H,1,11,13,19H2,2-5H3,(H,30,32). The van der Waals surface area contributed by atoms with Crippen molar-refractivity contribution in [2.24, 2.45) is 4.99 Å². The van der Waals surface area contributed by atoms with E-state index in [0.717, 1.165) is 53.7 Å². The van der Waals surface area contributed by atoms with Gasteiger partial charge in [0.05, 0.1) is 0 Å². The van der Waals surface area contributed by atoms with Crippen molar-refractivity contribution < 1.29 is 0 Å². The first-order valence-electron chi connectivity index (χ1n) is 11.7. The van der Waals surface area contributed by atoms with Crippen molar-refractivity contribution in [3.05, 3.63) is 95.5 Å². The molecule has 5 nitrogen and oxygen atoms in total. The third kappa shape index (κ3) is 5.73. The second kappa shape index (κ2) is 10.4. The fourth-order valence-electron chi connectivity index (χ4n) is 4.33. The van der Waals surface area contributed by atoms with Crippen molar-refractivity contribution in [3.63, 3.8) is 0 Å². The minimum atomic E-state index is 0.773. The lowest BCUT2D eigenvalue weighted by molar-refractivity contribution is 0.917. The summed E-state index contributed by atoms with van der Waals surface area (Å²) in [6.07, 6.45) is 6.86. The summed E-state index contributed by atoms with van der Waals surface area (Å²) in [5.74, 6) is 0. The molecule has 1 aliphatic heterocycles. The van der Waals surface area contributed by atoms with E-state index >= 15 is 0 Å². The van der Waals surface area contributed by atoms with Crippen molar-refractivity contribution in [2.75, 3.05) is 29.1 Å². The lowest BCUT2D eigenvalue weighted by Gasteiger charge is -2.23. The summed E-state index contributed by atoms with van der Waals surface area (Å²) in [6.45, 7) is 11.9. The van der Waals surface area contributed by atoms with Crippen molar-refractivity contribution >= 4 is 34.5 Å². The number of hydrogen-bond donors (Lipinski definition) is 2. The molecule has 3 aromatic rings. The van der Waals surface area contributed by atoms with E-state index in [1.807, 2.05) is 38.3 Å². The lowest BCUT2D eigenvalue weighted by atomic mass is 9.99. The number of aryl methyl sites for hydroxylation is 2. The van der Waals surface area contributed by atoms with E-state index < -0.39 is 0 Å². The van der Waals surface area contributed by atoms with Gasteiger partial charge in [0.2, 0.25) is 0 Å². The van der Waals surface area contributed by atoms with Gasteiger partial charge >= 0.3 is 0 Å². The third-order valence-corrected chi connectivity index (χ3v) is 5.99. The first kappa shape index (κ1) is 23.3. The Morgan fingerprint density at radius 2 is 1.82 bits per heavy atom. The van der Waals surface area contributed by atoms with Gasteiger partial charge in [0.25, 0.3) is 0 Å². The number of nitrogens with one attached hydrogen (secondary N) is 2. The molecule has 2 aromatic carbocycles. The predicted molar refractivity (Wildman–Crippen MR) is 146 cm³/mol. The molecule has 0 saturated carbocycles. The topological polar surface area (TPSA) is 52.6 Å². The highest BCUT2D eigenvalue weighted by Gasteiger charge is 2.12. The SMILES string of the molecule is C=Cc1c(C)cc(NC2=CC(C)=NCC2)cc1CN(C)c1cccc(Nc2ccnc(C)c2)c1. The molecule has 174 valence electrons. The maximum atomic E-state index is 4.47. The third-order valence-electron chi connectivity index (χ3n) is 5.99. The lowest BCUT2D eigenvalue weighted by Crippen LogP contribution is -2.18. The zero-order chi connectivity index (χ0) is 24.1. The van der Waals surface area contributed by atoms with E-state index in [1.165, 1.54) is 22.4 Å². The van der Waals surface area contributed by atoms with Crippen LogP contribution in [0.15, 0.2) is 78.1 Å². The summed E-state index contributed by atoms with van der Waals surface area (Å²) in [5.41, 5.74) is 11.3. The molecular weight excluding hydrogens is 418 g/mol. The van der Waals surface area contributed by atoms with Crippen LogP contribution in [-0.4, -0.2) is 24.3 Å². The number of allylic oxidation sites excluding steroid dienone is 1. The summed E-state index contributed by atoms with van der Waals surface area (Å²) in [5, 5.41) is 7.10. The number of anilines is 4. The van der Waals surface area contributed by atoms with Crippen LogP contribution < -0.4 is 15.5 Å². The molecule has 1 aromatic heterocycles. The Morgan fingerprint density at radius 1 is 1.00 bits per heavy atom. The molecular formula is C29H33N5. The molecule has 4 rings (SSSR count). The van der Waals surface area contributed by atoms with Crippen molar-refractivity contribution in [3.8, 4) is 0 Å². The molecule has 2 N–H and O–H groups in total. The number of benzene rings is 2. The molecule has 0 atom stereocenters. The van der Waals surface area contributed by atoms with Crippen LogP contribution in [0, 0.1) is 13.8 Å². The molecule has 0 fully saturated rings. The summed E-state index contributed by atoms with van der Waals surface area (Å²) in [4.78, 5) is 11.0. The Morgan fingerprint density at radius 3 is 2.59 bits per heavy atom. The first-order valence-corrected chi connectivity index (χ1v) is 11.7. The number of aromatic nitrogens is 1. The van der Waals surface area contributed by atoms with Gasteiger partial charge in [-0.1, -0.05) is 18.7 Å². The van der Waals surface area contributed by atoms with Crippen LogP contribution in [0.3, 0.4) is 0 Å². The highest BCUT2D eigenvalue weighted by atomic mass is 15.1. The molecule has 0 saturated heterocycles. The van der Waals surface area contributed by atoms with Gasteiger partial charge in [0.1, 0.15) is 0 Å². The normalized spacial score (nSPS) is 13.1. The quantitative estimate of drug-likeness (QED) is 0.392. The fraction of sp³-hybridized carbons (Fsp3) is 0.241. The van der Waals surface area contributed by atoms with Crippen LogP contribution in [0.5, 0.6) is 0 Å². The average molecular weight is 452 g/mol. The second-order valence-corrected chi connectivity index (χ2v) is 8.86. The van der Waals surface area contributed by atoms with Gasteiger partial charge in [-0.15, -0.1) is 0 Å². The van der Waals surface area contributed by atoms with E-state index in [1.54, 1.807) is 0 Å². The molecule has 34 heavy (non-hydrogen) atoms. The molecule has 0 spiro atoms. The monoisotopic (exact) mass is 451 g/mol. The zero-order valence-corrected chi connectivity index (χ0v) is 20.5. The van der Waals surface area contributed by atoms with Gasteiger partial charge in [-0.2, -0.15) is 0 Å².